The van der Waals surface area contributed by atoms with E-state index in [2.05, 4.69) is 4.98 Å². The number of anilines is 1. The maximum Gasteiger partial charge on any atom is 0.417 e. The Morgan fingerprint density at radius 1 is 1.30 bits per heavy atom. The van der Waals surface area contributed by atoms with E-state index < -0.39 is 66.7 Å². The number of nitrogens with zero attached hydrogens (tertiary/aromatic N) is 2. The number of amides is 1. The van der Waals surface area contributed by atoms with E-state index in [9.17, 15) is 31.5 Å². The minimum absolute atomic E-state index is 0.334. The molecule has 0 aliphatic carbocycles. The predicted molar refractivity (Wildman–Crippen MR) is 67.3 cm³/mol. The smallest absolute Gasteiger partial charge is 0.417 e. The maximum atomic E-state index is 13.3. The summed E-state index contributed by atoms with van der Waals surface area (Å²) in [4.78, 5) is 27.2. The van der Waals surface area contributed by atoms with E-state index in [0.717, 1.165) is 0 Å². The zero-order valence-electron chi connectivity index (χ0n) is 11.5. The van der Waals surface area contributed by atoms with Crippen LogP contribution in [0.1, 0.15) is 35.2 Å². The van der Waals surface area contributed by atoms with Crippen LogP contribution < -0.4 is 4.90 Å². The molecule has 1 aliphatic rings. The zero-order chi connectivity index (χ0) is 17.4. The molecule has 0 radical (unpaired) electrons. The Morgan fingerprint density at radius 2 is 1.96 bits per heavy atom. The summed E-state index contributed by atoms with van der Waals surface area (Å²) in [5.74, 6) is -6.20. The van der Waals surface area contributed by atoms with E-state index >= 15 is 0 Å². The molecule has 2 rings (SSSR count). The summed E-state index contributed by atoms with van der Waals surface area (Å²) < 4.78 is 64.6. The lowest BCUT2D eigenvalue weighted by atomic mass is 10.1. The third-order valence-corrected chi connectivity index (χ3v) is 3.39. The quantitative estimate of drug-likeness (QED) is 0.842. The van der Waals surface area contributed by atoms with Gasteiger partial charge in [0, 0.05) is 32.0 Å². The number of carboxylic acid groups (broad SMARTS) is 1. The van der Waals surface area contributed by atoms with Crippen molar-refractivity contribution >= 4 is 17.7 Å². The maximum absolute atomic E-state index is 13.3. The van der Waals surface area contributed by atoms with Gasteiger partial charge in [0.05, 0.1) is 5.56 Å². The fraction of sp³-hybridized carbons (Fsp3) is 0.462. The van der Waals surface area contributed by atoms with Gasteiger partial charge in [-0.1, -0.05) is 0 Å². The number of hydrogen-bond donors (Lipinski definition) is 1. The highest BCUT2D eigenvalue weighted by molar-refractivity contribution is 6.00. The van der Waals surface area contributed by atoms with Crippen LogP contribution in [-0.2, 0) is 11.0 Å². The number of alkyl halides is 5. The van der Waals surface area contributed by atoms with Gasteiger partial charge in [-0.2, -0.15) is 13.2 Å². The van der Waals surface area contributed by atoms with E-state index in [4.69, 9.17) is 5.11 Å². The lowest BCUT2D eigenvalue weighted by molar-refractivity contribution is -0.137. The summed E-state index contributed by atoms with van der Waals surface area (Å²) in [6.07, 6.45) is -6.41. The Balaban J connectivity index is 2.46. The lowest BCUT2D eigenvalue weighted by Gasteiger charge is -2.22. The van der Waals surface area contributed by atoms with Gasteiger partial charge in [0.2, 0.25) is 11.8 Å². The number of carbonyl (C=O) groups is 2. The molecule has 2 heterocycles. The van der Waals surface area contributed by atoms with Crippen LogP contribution in [0.3, 0.4) is 0 Å². The fourth-order valence-electron chi connectivity index (χ4n) is 2.16. The van der Waals surface area contributed by atoms with Crippen molar-refractivity contribution in [1.29, 1.82) is 0 Å². The summed E-state index contributed by atoms with van der Waals surface area (Å²) >= 11 is 0. The summed E-state index contributed by atoms with van der Waals surface area (Å²) in [5, 5.41) is 9.05. The van der Waals surface area contributed by atoms with Crippen LogP contribution >= 0.6 is 0 Å². The highest BCUT2D eigenvalue weighted by atomic mass is 19.4. The van der Waals surface area contributed by atoms with Crippen LogP contribution in [0.2, 0.25) is 0 Å². The van der Waals surface area contributed by atoms with E-state index in [1.165, 1.54) is 0 Å². The van der Waals surface area contributed by atoms with Crippen molar-refractivity contribution in [2.75, 3.05) is 11.4 Å². The third-order valence-electron chi connectivity index (χ3n) is 3.39. The summed E-state index contributed by atoms with van der Waals surface area (Å²) in [6.45, 7) is -0.523. The Kier molecular flexibility index (Phi) is 4.27. The number of rotatable bonds is 2. The van der Waals surface area contributed by atoms with Gasteiger partial charge in [-0.3, -0.25) is 9.69 Å². The lowest BCUT2D eigenvalue weighted by Crippen LogP contribution is -2.33. The number of carbonyl (C=O) groups excluding carboxylic acids is 1. The second kappa shape index (κ2) is 5.74. The number of aromatic carboxylic acids is 1. The van der Waals surface area contributed by atoms with Gasteiger partial charge >= 0.3 is 12.1 Å². The van der Waals surface area contributed by atoms with E-state index in [0.29, 0.717) is 17.2 Å². The molecule has 5 nitrogen and oxygen atoms in total. The topological polar surface area (TPSA) is 70.5 Å². The first-order valence-corrected chi connectivity index (χ1v) is 6.50. The minimum atomic E-state index is -4.81. The molecule has 1 N–H and O–H groups in total. The van der Waals surface area contributed by atoms with Crippen molar-refractivity contribution in [3.63, 3.8) is 0 Å². The van der Waals surface area contributed by atoms with Crippen molar-refractivity contribution in [2.45, 2.75) is 31.4 Å². The molecular formula is C13H11F5N2O3. The number of halogens is 5. The molecule has 1 amide bonds. The Hall–Kier alpha value is -2.26. The molecule has 1 aromatic rings. The number of pyridine rings is 1. The highest BCUT2D eigenvalue weighted by Crippen LogP contribution is 2.34. The van der Waals surface area contributed by atoms with Crippen LogP contribution in [0.25, 0.3) is 0 Å². The van der Waals surface area contributed by atoms with Crippen LogP contribution in [0, 0.1) is 0 Å². The summed E-state index contributed by atoms with van der Waals surface area (Å²) in [6, 6.07) is 0.334. The number of carboxylic acids is 1. The predicted octanol–water partition coefficient (Wildman–Crippen LogP) is 2.95. The fourth-order valence-corrected chi connectivity index (χ4v) is 2.16. The molecule has 0 aromatic carbocycles. The molecule has 1 aromatic heterocycles. The van der Waals surface area contributed by atoms with Crippen molar-refractivity contribution in [1.82, 2.24) is 4.98 Å². The molecule has 0 saturated carbocycles. The average molecular weight is 338 g/mol. The number of hydrogen-bond acceptors (Lipinski definition) is 3. The van der Waals surface area contributed by atoms with Gasteiger partial charge in [-0.05, 0) is 6.07 Å². The molecule has 10 heteroatoms. The molecular weight excluding hydrogens is 327 g/mol. The number of aromatic nitrogens is 1. The molecule has 0 atom stereocenters. The first kappa shape index (κ1) is 17.1. The molecule has 1 aliphatic heterocycles. The average Bonchev–Trinajstić information content (AvgIpc) is 2.56. The van der Waals surface area contributed by atoms with Gasteiger partial charge in [0.25, 0.3) is 0 Å². The molecule has 0 bridgehead atoms. The van der Waals surface area contributed by atoms with Gasteiger partial charge in [-0.15, -0.1) is 0 Å². The third kappa shape index (κ3) is 3.74. The summed E-state index contributed by atoms with van der Waals surface area (Å²) in [7, 11) is 0. The molecule has 1 saturated heterocycles. The van der Waals surface area contributed by atoms with E-state index in [1.54, 1.807) is 0 Å². The van der Waals surface area contributed by atoms with Crippen molar-refractivity contribution in [3.8, 4) is 0 Å². The Morgan fingerprint density at radius 3 is 2.52 bits per heavy atom. The molecule has 0 spiro atoms. The first-order chi connectivity index (χ1) is 10.5. The van der Waals surface area contributed by atoms with Crippen LogP contribution in [0.5, 0.6) is 0 Å². The summed E-state index contributed by atoms with van der Waals surface area (Å²) in [5.41, 5.74) is -2.16. The monoisotopic (exact) mass is 338 g/mol. The second-order valence-electron chi connectivity index (χ2n) is 5.05. The molecule has 126 valence electrons. The Bertz CT molecular complexity index is 645. The zero-order valence-corrected chi connectivity index (χ0v) is 11.5. The van der Waals surface area contributed by atoms with Crippen LogP contribution in [0.4, 0.5) is 27.8 Å². The van der Waals surface area contributed by atoms with Gasteiger partial charge in [0.15, 0.2) is 0 Å². The minimum Gasteiger partial charge on any atom is -0.478 e. The van der Waals surface area contributed by atoms with Crippen molar-refractivity contribution < 1.29 is 36.6 Å². The molecule has 23 heavy (non-hydrogen) atoms. The van der Waals surface area contributed by atoms with Gasteiger partial charge in [-0.25, -0.2) is 18.6 Å². The molecule has 1 fully saturated rings. The highest BCUT2D eigenvalue weighted by Gasteiger charge is 2.38. The van der Waals surface area contributed by atoms with E-state index in [1.807, 2.05) is 0 Å². The van der Waals surface area contributed by atoms with Crippen molar-refractivity contribution in [2.24, 2.45) is 0 Å². The molecule has 0 unspecified atom stereocenters. The normalized spacial score (nSPS) is 18.7. The van der Waals surface area contributed by atoms with E-state index in [-0.39, 0.29) is 0 Å². The standard InChI is InChI=1S/C13H11F5N2O3/c14-12(15)2-1-9(21)20(4-3-12)10-8(11(22)23)5-7(6-19-10)13(16,17)18/h5-6H,1-4H2,(H,22,23). The SMILES string of the molecule is O=C(O)c1cc(C(F)(F)F)cnc1N1CCC(F)(F)CCC1=O. The van der Waals surface area contributed by atoms with Crippen molar-refractivity contribution in [3.05, 3.63) is 23.4 Å². The first-order valence-electron chi connectivity index (χ1n) is 6.50. The largest absolute Gasteiger partial charge is 0.478 e. The second-order valence-corrected chi connectivity index (χ2v) is 5.05. The van der Waals surface area contributed by atoms with Crippen LogP contribution in [0.15, 0.2) is 12.3 Å². The van der Waals surface area contributed by atoms with Gasteiger partial charge < -0.3 is 5.11 Å². The van der Waals surface area contributed by atoms with Gasteiger partial charge in [0.1, 0.15) is 11.4 Å². The Labute approximate surface area is 126 Å². The van der Waals surface area contributed by atoms with Crippen LogP contribution in [-0.4, -0.2) is 34.4 Å².